The molecule has 1 aromatic rings. The Bertz CT molecular complexity index is 837. The molecule has 7 nitrogen and oxygen atoms in total. The van der Waals surface area contributed by atoms with Crippen LogP contribution in [0, 0.1) is 5.92 Å². The van der Waals surface area contributed by atoms with Crippen LogP contribution in [0.25, 0.3) is 0 Å². The molecule has 1 spiro atoms. The number of rotatable bonds is 0. The third kappa shape index (κ3) is 3.94. The van der Waals surface area contributed by atoms with Crippen molar-refractivity contribution in [3.63, 3.8) is 0 Å². The summed E-state index contributed by atoms with van der Waals surface area (Å²) in [5, 5.41) is 3.15. The Labute approximate surface area is 183 Å². The molecule has 31 heavy (non-hydrogen) atoms. The number of carbonyl (C=O) groups is 2. The highest BCUT2D eigenvalue weighted by Crippen LogP contribution is 2.40. The van der Waals surface area contributed by atoms with Gasteiger partial charge in [0, 0.05) is 6.54 Å². The van der Waals surface area contributed by atoms with Gasteiger partial charge < -0.3 is 24.4 Å². The van der Waals surface area contributed by atoms with Crippen molar-refractivity contribution in [1.82, 2.24) is 10.2 Å². The largest absolute Gasteiger partial charge is 0.492 e. The Balaban J connectivity index is 1.43. The number of hydrogen-bond donors (Lipinski definition) is 1. The first-order valence-corrected chi connectivity index (χ1v) is 11.6. The molecule has 1 aliphatic carbocycles. The van der Waals surface area contributed by atoms with Crippen LogP contribution in [0.3, 0.4) is 0 Å². The van der Waals surface area contributed by atoms with Gasteiger partial charge in [0.05, 0.1) is 43.4 Å². The first-order valence-electron chi connectivity index (χ1n) is 11.6. The summed E-state index contributed by atoms with van der Waals surface area (Å²) in [6.07, 6.45) is 4.98. The summed E-state index contributed by atoms with van der Waals surface area (Å²) >= 11 is 0. The van der Waals surface area contributed by atoms with Gasteiger partial charge in [0.2, 0.25) is 11.8 Å². The lowest BCUT2D eigenvalue weighted by atomic mass is 9.82. The summed E-state index contributed by atoms with van der Waals surface area (Å²) < 4.78 is 18.2. The number of carbonyl (C=O) groups excluding carboxylic acids is 2. The number of nitrogens with one attached hydrogen (secondary N) is 1. The van der Waals surface area contributed by atoms with Gasteiger partial charge in [-0.2, -0.15) is 0 Å². The fourth-order valence-electron chi connectivity index (χ4n) is 5.73. The molecule has 2 saturated heterocycles. The second kappa shape index (κ2) is 8.43. The molecule has 0 radical (unpaired) electrons. The van der Waals surface area contributed by atoms with Crippen LogP contribution in [0.1, 0.15) is 50.5 Å². The SMILES string of the molecule is CC1COc2ccccc2C2CCC(CC2)OCC2N(CCC23COCC(=O)N3)C1=O. The van der Waals surface area contributed by atoms with Crippen LogP contribution in [0.4, 0.5) is 0 Å². The second-order valence-corrected chi connectivity index (χ2v) is 9.55. The van der Waals surface area contributed by atoms with Gasteiger partial charge in [-0.05, 0) is 49.7 Å². The van der Waals surface area contributed by atoms with Gasteiger partial charge >= 0.3 is 0 Å². The Morgan fingerprint density at radius 3 is 2.71 bits per heavy atom. The molecule has 4 heterocycles. The third-order valence-corrected chi connectivity index (χ3v) is 7.51. The van der Waals surface area contributed by atoms with Crippen molar-refractivity contribution in [3.8, 4) is 5.75 Å². The number of benzene rings is 1. The summed E-state index contributed by atoms with van der Waals surface area (Å²) in [5.41, 5.74) is 0.685. The normalized spacial score (nSPS) is 36.4. The first kappa shape index (κ1) is 20.8. The van der Waals surface area contributed by atoms with E-state index in [2.05, 4.69) is 17.4 Å². The van der Waals surface area contributed by atoms with Gasteiger partial charge in [-0.3, -0.25) is 9.59 Å². The van der Waals surface area contributed by atoms with Crippen molar-refractivity contribution in [3.05, 3.63) is 29.8 Å². The van der Waals surface area contributed by atoms with E-state index >= 15 is 0 Å². The Hall–Kier alpha value is -2.12. The van der Waals surface area contributed by atoms with Crippen LogP contribution < -0.4 is 10.1 Å². The van der Waals surface area contributed by atoms with E-state index in [0.29, 0.717) is 38.7 Å². The van der Waals surface area contributed by atoms with Crippen LogP contribution in [-0.2, 0) is 19.1 Å². The zero-order valence-electron chi connectivity index (χ0n) is 18.2. The average Bonchev–Trinajstić information content (AvgIpc) is 3.12. The summed E-state index contributed by atoms with van der Waals surface area (Å²) in [4.78, 5) is 27.5. The predicted molar refractivity (Wildman–Crippen MR) is 114 cm³/mol. The van der Waals surface area contributed by atoms with E-state index in [1.165, 1.54) is 5.56 Å². The summed E-state index contributed by atoms with van der Waals surface area (Å²) in [6.45, 7) is 3.77. The van der Waals surface area contributed by atoms with Crippen LogP contribution in [-0.4, -0.2) is 67.4 Å². The Morgan fingerprint density at radius 1 is 1.10 bits per heavy atom. The number of para-hydroxylation sites is 1. The van der Waals surface area contributed by atoms with Crippen LogP contribution in [0.15, 0.2) is 24.3 Å². The van der Waals surface area contributed by atoms with Crippen molar-refractivity contribution < 1.29 is 23.8 Å². The molecule has 1 N–H and O–H groups in total. The number of nitrogens with zero attached hydrogens (tertiary/aromatic N) is 1. The molecule has 7 heteroatoms. The number of hydrogen-bond acceptors (Lipinski definition) is 5. The Morgan fingerprint density at radius 2 is 1.90 bits per heavy atom. The van der Waals surface area contributed by atoms with Crippen LogP contribution >= 0.6 is 0 Å². The number of morpholine rings is 1. The van der Waals surface area contributed by atoms with E-state index in [4.69, 9.17) is 14.2 Å². The van der Waals surface area contributed by atoms with E-state index in [1.54, 1.807) is 0 Å². The van der Waals surface area contributed by atoms with Gasteiger partial charge in [-0.25, -0.2) is 0 Å². The second-order valence-electron chi connectivity index (χ2n) is 9.55. The summed E-state index contributed by atoms with van der Waals surface area (Å²) in [7, 11) is 0. The van der Waals surface area contributed by atoms with Crippen LogP contribution in [0.5, 0.6) is 5.75 Å². The highest BCUT2D eigenvalue weighted by Gasteiger charge is 2.52. The average molecular weight is 429 g/mol. The number of ether oxygens (including phenoxy) is 3. The standard InChI is InChI=1S/C24H32N2O5/c1-16-12-31-20-5-3-2-4-19(20)17-6-8-18(9-7-17)30-13-21-24(10-11-26(21)23(16)28)15-29-14-22(27)25-24/h2-5,16-18,21H,6-15H2,1H3,(H,25,27). The minimum absolute atomic E-state index is 0.0463. The summed E-state index contributed by atoms with van der Waals surface area (Å²) in [6, 6.07) is 8.02. The number of fused-ring (bicyclic) bond motifs is 6. The molecule has 4 aliphatic heterocycles. The maximum absolute atomic E-state index is 13.4. The zero-order valence-corrected chi connectivity index (χ0v) is 18.2. The molecule has 3 fully saturated rings. The zero-order chi connectivity index (χ0) is 21.4. The fraction of sp³-hybridized carbons (Fsp3) is 0.667. The molecule has 168 valence electrons. The third-order valence-electron chi connectivity index (χ3n) is 7.51. The molecule has 1 aromatic carbocycles. The molecule has 1 saturated carbocycles. The molecule has 6 rings (SSSR count). The smallest absolute Gasteiger partial charge is 0.246 e. The van der Waals surface area contributed by atoms with Crippen molar-refractivity contribution in [2.45, 2.75) is 62.6 Å². The molecule has 3 unspecified atom stereocenters. The van der Waals surface area contributed by atoms with Crippen molar-refractivity contribution >= 4 is 11.8 Å². The molecule has 0 aromatic heterocycles. The van der Waals surface area contributed by atoms with Gasteiger partial charge in [-0.1, -0.05) is 25.1 Å². The van der Waals surface area contributed by atoms with Gasteiger partial charge in [0.1, 0.15) is 12.4 Å². The van der Waals surface area contributed by atoms with Gasteiger partial charge in [-0.15, -0.1) is 0 Å². The summed E-state index contributed by atoms with van der Waals surface area (Å²) in [5.74, 6) is 1.00. The van der Waals surface area contributed by atoms with E-state index in [9.17, 15) is 9.59 Å². The molecule has 2 amide bonds. The van der Waals surface area contributed by atoms with Gasteiger partial charge in [0.25, 0.3) is 0 Å². The lowest BCUT2D eigenvalue weighted by molar-refractivity contribution is -0.145. The quantitative estimate of drug-likeness (QED) is 0.686. The highest BCUT2D eigenvalue weighted by molar-refractivity contribution is 5.81. The maximum Gasteiger partial charge on any atom is 0.246 e. The highest BCUT2D eigenvalue weighted by atomic mass is 16.5. The monoisotopic (exact) mass is 428 g/mol. The predicted octanol–water partition coefficient (Wildman–Crippen LogP) is 2.24. The molecule has 3 atom stereocenters. The lowest BCUT2D eigenvalue weighted by Crippen LogP contribution is -2.65. The molecule has 2 bridgehead atoms. The molecular formula is C24H32N2O5. The van der Waals surface area contributed by atoms with E-state index < -0.39 is 5.54 Å². The Kier molecular flexibility index (Phi) is 5.65. The fourth-order valence-corrected chi connectivity index (χ4v) is 5.73. The van der Waals surface area contributed by atoms with E-state index in [0.717, 1.165) is 31.4 Å². The van der Waals surface area contributed by atoms with E-state index in [1.807, 2.05) is 24.0 Å². The minimum Gasteiger partial charge on any atom is -0.492 e. The van der Waals surface area contributed by atoms with Gasteiger partial charge in [0.15, 0.2) is 0 Å². The first-order chi connectivity index (χ1) is 15.1. The van der Waals surface area contributed by atoms with E-state index in [-0.39, 0.29) is 36.5 Å². The van der Waals surface area contributed by atoms with Crippen molar-refractivity contribution in [2.24, 2.45) is 5.92 Å². The lowest BCUT2D eigenvalue weighted by Gasteiger charge is -2.42. The minimum atomic E-state index is -0.563. The van der Waals surface area contributed by atoms with Crippen molar-refractivity contribution in [1.29, 1.82) is 0 Å². The maximum atomic E-state index is 13.4. The van der Waals surface area contributed by atoms with Crippen LogP contribution in [0.2, 0.25) is 0 Å². The molecular weight excluding hydrogens is 396 g/mol. The molecule has 5 aliphatic rings. The topological polar surface area (TPSA) is 77.1 Å². The number of amides is 2. The van der Waals surface area contributed by atoms with Crippen molar-refractivity contribution in [2.75, 3.05) is 33.0 Å².